The number of rotatable bonds is 6. The van der Waals surface area contributed by atoms with Gasteiger partial charge in [0.25, 0.3) is 0 Å². The first kappa shape index (κ1) is 10.7. The van der Waals surface area contributed by atoms with Crippen molar-refractivity contribution >= 4 is 0 Å². The smallest absolute Gasteiger partial charge is 0.0194 e. The molecule has 0 aromatic heterocycles. The van der Waals surface area contributed by atoms with Gasteiger partial charge in [0.15, 0.2) is 0 Å². The van der Waals surface area contributed by atoms with Crippen LogP contribution in [0.2, 0.25) is 0 Å². The highest BCUT2D eigenvalue weighted by molar-refractivity contribution is 4.88. The molecule has 0 saturated carbocycles. The van der Waals surface area contributed by atoms with Gasteiger partial charge in [0.2, 0.25) is 0 Å². The summed E-state index contributed by atoms with van der Waals surface area (Å²) in [7, 11) is 0. The summed E-state index contributed by atoms with van der Waals surface area (Å²) in [6.07, 6.45) is 10.8. The van der Waals surface area contributed by atoms with Crippen LogP contribution in [0, 0.1) is 0 Å². The number of hydrogen-bond donors (Lipinski definition) is 1. The molecule has 0 aromatic carbocycles. The maximum atomic E-state index is 5.55. The van der Waals surface area contributed by atoms with Crippen molar-refractivity contribution in [1.29, 1.82) is 0 Å². The lowest BCUT2D eigenvalue weighted by Gasteiger charge is -1.95. The van der Waals surface area contributed by atoms with Gasteiger partial charge in [0.05, 0.1) is 0 Å². The topological polar surface area (TPSA) is 26.0 Å². The second-order valence-electron chi connectivity index (χ2n) is 3.14. The van der Waals surface area contributed by atoms with Crippen LogP contribution in [0.15, 0.2) is 12.2 Å². The first-order chi connectivity index (χ1) is 5.27. The molecule has 0 heterocycles. The van der Waals surface area contributed by atoms with Crippen LogP contribution < -0.4 is 5.73 Å². The fourth-order valence-corrected chi connectivity index (χ4v) is 1.000. The van der Waals surface area contributed by atoms with E-state index in [-0.39, 0.29) is 6.04 Å². The quantitative estimate of drug-likeness (QED) is 0.463. The van der Waals surface area contributed by atoms with Crippen molar-refractivity contribution in [2.24, 2.45) is 5.73 Å². The molecular weight excluding hydrogens is 134 g/mol. The Balaban J connectivity index is 3.01. The van der Waals surface area contributed by atoms with Crippen molar-refractivity contribution in [2.45, 2.75) is 52.0 Å². The normalized spacial score (nSPS) is 14.1. The maximum Gasteiger partial charge on any atom is 0.0194 e. The summed E-state index contributed by atoms with van der Waals surface area (Å²) in [5, 5.41) is 0. The minimum absolute atomic E-state index is 0.223. The third-order valence-corrected chi connectivity index (χ3v) is 1.66. The Morgan fingerprint density at radius 2 is 2.00 bits per heavy atom. The minimum atomic E-state index is 0.223. The molecular formula is C10H21N. The van der Waals surface area contributed by atoms with Crippen LogP contribution in [-0.4, -0.2) is 6.04 Å². The maximum absolute atomic E-state index is 5.55. The Hall–Kier alpha value is -0.300. The number of allylic oxidation sites excluding steroid dienone is 1. The molecule has 1 atom stereocenters. The molecule has 0 radical (unpaired) electrons. The van der Waals surface area contributed by atoms with Crippen molar-refractivity contribution in [1.82, 2.24) is 0 Å². The van der Waals surface area contributed by atoms with Crippen LogP contribution in [0.5, 0.6) is 0 Å². The fraction of sp³-hybridized carbons (Fsp3) is 0.800. The van der Waals surface area contributed by atoms with Gasteiger partial charge < -0.3 is 5.73 Å². The lowest BCUT2D eigenvalue weighted by molar-refractivity contribution is 0.673. The largest absolute Gasteiger partial charge is 0.325 e. The van der Waals surface area contributed by atoms with Gasteiger partial charge in [0.1, 0.15) is 0 Å². The zero-order valence-electron chi connectivity index (χ0n) is 7.84. The molecule has 0 aromatic rings. The summed E-state index contributed by atoms with van der Waals surface area (Å²) >= 11 is 0. The van der Waals surface area contributed by atoms with Crippen LogP contribution in [0.25, 0.3) is 0 Å². The lowest BCUT2D eigenvalue weighted by Crippen LogP contribution is -2.09. The van der Waals surface area contributed by atoms with Crippen LogP contribution in [-0.2, 0) is 0 Å². The van der Waals surface area contributed by atoms with E-state index in [1.54, 1.807) is 0 Å². The van der Waals surface area contributed by atoms with E-state index < -0.39 is 0 Å². The predicted molar refractivity (Wildman–Crippen MR) is 51.5 cm³/mol. The van der Waals surface area contributed by atoms with E-state index in [1.165, 1.54) is 32.1 Å². The van der Waals surface area contributed by atoms with Gasteiger partial charge in [-0.05, 0) is 19.8 Å². The molecule has 0 rings (SSSR count). The third-order valence-electron chi connectivity index (χ3n) is 1.66. The average molecular weight is 155 g/mol. The van der Waals surface area contributed by atoms with Crippen molar-refractivity contribution in [3.8, 4) is 0 Å². The van der Waals surface area contributed by atoms with Gasteiger partial charge in [0, 0.05) is 6.04 Å². The number of unbranched alkanes of at least 4 members (excludes halogenated alkanes) is 4. The Kier molecular flexibility index (Phi) is 7.59. The molecule has 0 bridgehead atoms. The SMILES string of the molecule is CCCCCC/C=C/[C@H](C)N. The first-order valence-electron chi connectivity index (χ1n) is 4.69. The van der Waals surface area contributed by atoms with Crippen LogP contribution in [0.3, 0.4) is 0 Å². The Morgan fingerprint density at radius 3 is 2.55 bits per heavy atom. The summed E-state index contributed by atoms with van der Waals surface area (Å²) in [4.78, 5) is 0. The third kappa shape index (κ3) is 9.70. The summed E-state index contributed by atoms with van der Waals surface area (Å²) in [6.45, 7) is 4.24. The lowest BCUT2D eigenvalue weighted by atomic mass is 10.1. The molecule has 0 amide bonds. The van der Waals surface area contributed by atoms with Gasteiger partial charge in [-0.25, -0.2) is 0 Å². The van der Waals surface area contributed by atoms with Crippen molar-refractivity contribution in [3.63, 3.8) is 0 Å². The molecule has 0 aliphatic rings. The van der Waals surface area contributed by atoms with Crippen molar-refractivity contribution in [3.05, 3.63) is 12.2 Å². The standard InChI is InChI=1S/C10H21N/c1-3-4-5-6-7-8-9-10(2)11/h8-10H,3-7,11H2,1-2H3/b9-8+/t10-/m0/s1. The van der Waals surface area contributed by atoms with Crippen molar-refractivity contribution in [2.75, 3.05) is 0 Å². The van der Waals surface area contributed by atoms with E-state index in [0.29, 0.717) is 0 Å². The second-order valence-corrected chi connectivity index (χ2v) is 3.14. The molecule has 1 heteroatoms. The van der Waals surface area contributed by atoms with Gasteiger partial charge in [-0.2, -0.15) is 0 Å². The number of hydrogen-bond acceptors (Lipinski definition) is 1. The van der Waals surface area contributed by atoms with Crippen LogP contribution in [0.4, 0.5) is 0 Å². The molecule has 0 fully saturated rings. The first-order valence-corrected chi connectivity index (χ1v) is 4.69. The van der Waals surface area contributed by atoms with Crippen LogP contribution >= 0.6 is 0 Å². The Morgan fingerprint density at radius 1 is 1.27 bits per heavy atom. The zero-order chi connectivity index (χ0) is 8.53. The fourth-order valence-electron chi connectivity index (χ4n) is 1.000. The molecule has 0 unspecified atom stereocenters. The zero-order valence-corrected chi connectivity index (χ0v) is 7.84. The summed E-state index contributed by atoms with van der Waals surface area (Å²) in [5.74, 6) is 0. The molecule has 0 saturated heterocycles. The Labute approximate surface area is 70.7 Å². The Bertz CT molecular complexity index is 95.0. The van der Waals surface area contributed by atoms with Gasteiger partial charge in [-0.3, -0.25) is 0 Å². The highest BCUT2D eigenvalue weighted by atomic mass is 14.6. The van der Waals surface area contributed by atoms with Crippen LogP contribution in [0.1, 0.15) is 46.0 Å². The van der Waals surface area contributed by atoms with E-state index in [9.17, 15) is 0 Å². The number of nitrogens with two attached hydrogens (primary N) is 1. The van der Waals surface area contributed by atoms with E-state index in [4.69, 9.17) is 5.73 Å². The molecule has 66 valence electrons. The monoisotopic (exact) mass is 155 g/mol. The van der Waals surface area contributed by atoms with E-state index in [2.05, 4.69) is 19.1 Å². The molecule has 0 aliphatic carbocycles. The molecule has 0 aliphatic heterocycles. The predicted octanol–water partition coefficient (Wildman–Crippen LogP) is 2.86. The molecule has 2 N–H and O–H groups in total. The van der Waals surface area contributed by atoms with E-state index in [0.717, 1.165) is 0 Å². The van der Waals surface area contributed by atoms with Gasteiger partial charge >= 0.3 is 0 Å². The summed E-state index contributed by atoms with van der Waals surface area (Å²) in [6, 6.07) is 0.223. The summed E-state index contributed by atoms with van der Waals surface area (Å²) in [5.41, 5.74) is 5.55. The molecule has 0 spiro atoms. The summed E-state index contributed by atoms with van der Waals surface area (Å²) < 4.78 is 0. The van der Waals surface area contributed by atoms with E-state index in [1.807, 2.05) is 6.92 Å². The minimum Gasteiger partial charge on any atom is -0.325 e. The molecule has 11 heavy (non-hydrogen) atoms. The second kappa shape index (κ2) is 7.80. The van der Waals surface area contributed by atoms with E-state index >= 15 is 0 Å². The van der Waals surface area contributed by atoms with Crippen molar-refractivity contribution < 1.29 is 0 Å². The highest BCUT2D eigenvalue weighted by Gasteiger charge is 1.85. The average Bonchev–Trinajstić information content (AvgIpc) is 1.96. The highest BCUT2D eigenvalue weighted by Crippen LogP contribution is 2.02. The van der Waals surface area contributed by atoms with Gasteiger partial charge in [-0.15, -0.1) is 0 Å². The van der Waals surface area contributed by atoms with Gasteiger partial charge in [-0.1, -0.05) is 38.3 Å². The molecule has 1 nitrogen and oxygen atoms in total.